The van der Waals surface area contributed by atoms with Gasteiger partial charge in [0.05, 0.1) is 6.54 Å². The molecule has 0 rings (SSSR count). The van der Waals surface area contributed by atoms with Crippen molar-refractivity contribution in [2.45, 2.75) is 58.8 Å². The van der Waals surface area contributed by atoms with Crippen LogP contribution in [0.15, 0.2) is 12.2 Å². The first-order valence-electron chi connectivity index (χ1n) is 21.3. The smallest absolute Gasteiger partial charge is 0.333 e. The molecule has 0 amide bonds. The second-order valence-electron chi connectivity index (χ2n) is 14.2. The molecule has 0 heterocycles. The topological polar surface area (TPSA) is 218 Å². The molecule has 0 spiro atoms. The van der Waals surface area contributed by atoms with Gasteiger partial charge in [0, 0.05) is 136 Å². The van der Waals surface area contributed by atoms with Gasteiger partial charge in [-0.3, -0.25) is 19.5 Å². The van der Waals surface area contributed by atoms with Gasteiger partial charge in [-0.25, -0.2) is 4.79 Å². The Kier molecular flexibility index (Phi) is 39.1. The van der Waals surface area contributed by atoms with Crippen LogP contribution in [0.4, 0.5) is 0 Å². The van der Waals surface area contributed by atoms with Gasteiger partial charge in [-0.05, 0) is 45.8 Å². The van der Waals surface area contributed by atoms with E-state index in [2.05, 4.69) is 54.4 Å². The third-order valence-electron chi connectivity index (χ3n) is 9.27. The molecule has 16 heteroatoms. The van der Waals surface area contributed by atoms with E-state index in [0.29, 0.717) is 38.3 Å². The molecule has 0 fully saturated rings. The molecule has 0 aliphatic carbocycles. The number of rotatable bonds is 43. The predicted molar refractivity (Wildman–Crippen MR) is 228 cm³/mol. The van der Waals surface area contributed by atoms with E-state index in [1.807, 2.05) is 0 Å². The van der Waals surface area contributed by atoms with Crippen LogP contribution in [0.3, 0.4) is 0 Å². The Morgan fingerprint density at radius 3 is 1.42 bits per heavy atom. The fourth-order valence-electron chi connectivity index (χ4n) is 5.97. The lowest BCUT2D eigenvalue weighted by molar-refractivity contribution is -0.149. The fourth-order valence-corrected chi connectivity index (χ4v) is 5.97. The highest BCUT2D eigenvalue weighted by Crippen LogP contribution is 2.02. The lowest BCUT2D eigenvalue weighted by Gasteiger charge is -2.30. The van der Waals surface area contributed by atoms with Crippen molar-refractivity contribution in [3.63, 3.8) is 0 Å². The van der Waals surface area contributed by atoms with Crippen LogP contribution in [-0.4, -0.2) is 202 Å². The van der Waals surface area contributed by atoms with E-state index >= 15 is 0 Å². The zero-order chi connectivity index (χ0) is 40.6. The number of hydrogen-bond acceptors (Lipinski definition) is 16. The van der Waals surface area contributed by atoms with E-state index in [1.54, 1.807) is 6.92 Å². The van der Waals surface area contributed by atoms with Gasteiger partial charge >= 0.3 is 11.9 Å². The van der Waals surface area contributed by atoms with Gasteiger partial charge in [-0.1, -0.05) is 39.2 Å². The molecule has 0 aliphatic rings. The van der Waals surface area contributed by atoms with Gasteiger partial charge in [0.25, 0.3) is 0 Å². The van der Waals surface area contributed by atoms with Crippen molar-refractivity contribution < 1.29 is 19.1 Å². The van der Waals surface area contributed by atoms with E-state index in [-0.39, 0.29) is 25.7 Å². The molecule has 0 aromatic heterocycles. The average molecular weight is 787 g/mol. The Labute approximate surface area is 335 Å². The molecular formula is C39H86N12O4. The Bertz CT molecular complexity index is 886. The molecule has 326 valence electrons. The molecule has 0 aliphatic heterocycles. The molecule has 0 saturated carbocycles. The summed E-state index contributed by atoms with van der Waals surface area (Å²) >= 11 is 0. The lowest BCUT2D eigenvalue weighted by Crippen LogP contribution is -2.44. The molecule has 0 radical (unpaired) electrons. The van der Waals surface area contributed by atoms with E-state index in [4.69, 9.17) is 32.4 Å². The second kappa shape index (κ2) is 40.4. The number of unbranched alkanes of at least 4 members (excludes halogenated alkanes) is 5. The number of hydrogen-bond donors (Lipinski definition) is 8. The van der Waals surface area contributed by atoms with Gasteiger partial charge in [0.1, 0.15) is 13.2 Å². The van der Waals surface area contributed by atoms with Crippen molar-refractivity contribution in [2.75, 3.05) is 170 Å². The maximum atomic E-state index is 11.9. The van der Waals surface area contributed by atoms with Gasteiger partial charge in [-0.2, -0.15) is 0 Å². The molecule has 0 atom stereocenters. The van der Waals surface area contributed by atoms with Crippen LogP contribution in [-0.2, 0) is 19.1 Å². The largest absolute Gasteiger partial charge is 0.461 e. The third kappa shape index (κ3) is 35.1. The highest BCUT2D eigenvalue weighted by Gasteiger charge is 2.12. The minimum Gasteiger partial charge on any atom is -0.461 e. The monoisotopic (exact) mass is 787 g/mol. The van der Waals surface area contributed by atoms with Gasteiger partial charge in [0.2, 0.25) is 0 Å². The van der Waals surface area contributed by atoms with E-state index in [0.717, 1.165) is 124 Å². The lowest BCUT2D eigenvalue weighted by atomic mass is 10.2. The minimum atomic E-state index is -0.490. The maximum Gasteiger partial charge on any atom is 0.333 e. The van der Waals surface area contributed by atoms with E-state index < -0.39 is 5.97 Å². The molecule has 0 aromatic carbocycles. The Balaban J connectivity index is 4.62. The van der Waals surface area contributed by atoms with Crippen LogP contribution >= 0.6 is 0 Å². The van der Waals surface area contributed by atoms with Crippen molar-refractivity contribution in [2.24, 2.45) is 22.9 Å². The summed E-state index contributed by atoms with van der Waals surface area (Å²) in [6, 6.07) is 0. The van der Waals surface area contributed by atoms with Gasteiger partial charge in [0.15, 0.2) is 0 Å². The summed E-state index contributed by atoms with van der Waals surface area (Å²) in [6.45, 7) is 28.0. The number of ether oxygens (including phenoxy) is 2. The van der Waals surface area contributed by atoms with Gasteiger partial charge in [-0.15, -0.1) is 0 Å². The quantitative estimate of drug-likeness (QED) is 0.0207. The standard InChI is InChI=1S/C39H86N12O4/c1-4-5-6-8-15-44-19-27-51(28-20-46-17-11-40)33-31-48(30-32-49(23-12-41)24-13-42)22-10-7-9-16-45-18-26-50(25-14-43)29-21-47-36-38(52)54-34-35-55-39(53)37(2)3/h44-47H,2,4-36,40-43H2,1,3H3. The average Bonchev–Trinajstić information content (AvgIpc) is 3.17. The number of nitrogens with two attached hydrogens (primary N) is 4. The third-order valence-corrected chi connectivity index (χ3v) is 9.27. The Morgan fingerprint density at radius 1 is 0.491 bits per heavy atom. The van der Waals surface area contributed by atoms with Gasteiger partial charge < -0.3 is 58.6 Å². The number of carbonyl (C=O) groups is 2. The number of nitrogens with one attached hydrogen (secondary N) is 4. The van der Waals surface area contributed by atoms with Crippen LogP contribution in [0.2, 0.25) is 0 Å². The molecule has 0 saturated heterocycles. The highest BCUT2D eigenvalue weighted by molar-refractivity contribution is 5.86. The molecular weight excluding hydrogens is 701 g/mol. The van der Waals surface area contributed by atoms with Crippen LogP contribution in [0, 0.1) is 0 Å². The Morgan fingerprint density at radius 2 is 0.927 bits per heavy atom. The fraction of sp³-hybridized carbons (Fsp3) is 0.897. The van der Waals surface area contributed by atoms with Crippen LogP contribution < -0.4 is 44.2 Å². The first-order chi connectivity index (χ1) is 26.8. The SMILES string of the molecule is C=C(C)C(=O)OCCOC(=O)CNCCN(CCN)CCNCCCCCN(CCN(CCN)CCN)CCN(CCNCCN)CCNCCCCCC. The summed E-state index contributed by atoms with van der Waals surface area (Å²) in [5, 5.41) is 13.9. The van der Waals surface area contributed by atoms with E-state index in [1.165, 1.54) is 38.5 Å². The number of carbonyl (C=O) groups excluding carboxylic acids is 2. The Hall–Kier alpha value is -1.80. The zero-order valence-electron chi connectivity index (χ0n) is 35.3. The summed E-state index contributed by atoms with van der Waals surface area (Å²) < 4.78 is 10.0. The zero-order valence-corrected chi connectivity index (χ0v) is 35.3. The normalized spacial score (nSPS) is 11.7. The highest BCUT2D eigenvalue weighted by atomic mass is 16.6. The summed E-state index contributed by atoms with van der Waals surface area (Å²) in [5.74, 6) is -0.873. The van der Waals surface area contributed by atoms with Crippen molar-refractivity contribution in [3.05, 3.63) is 12.2 Å². The number of nitrogens with zero attached hydrogens (tertiary/aromatic N) is 4. The molecule has 0 unspecified atom stereocenters. The molecule has 12 N–H and O–H groups in total. The molecule has 0 bridgehead atoms. The molecule has 55 heavy (non-hydrogen) atoms. The van der Waals surface area contributed by atoms with E-state index in [9.17, 15) is 9.59 Å². The maximum absolute atomic E-state index is 11.9. The molecule has 16 nitrogen and oxygen atoms in total. The first kappa shape index (κ1) is 53.2. The predicted octanol–water partition coefficient (Wildman–Crippen LogP) is -1.20. The van der Waals surface area contributed by atoms with Crippen molar-refractivity contribution in [3.8, 4) is 0 Å². The van der Waals surface area contributed by atoms with Crippen LogP contribution in [0.25, 0.3) is 0 Å². The van der Waals surface area contributed by atoms with Crippen molar-refractivity contribution in [1.82, 2.24) is 40.9 Å². The summed E-state index contributed by atoms with van der Waals surface area (Å²) in [4.78, 5) is 33.2. The summed E-state index contributed by atoms with van der Waals surface area (Å²) in [6.07, 6.45) is 8.63. The van der Waals surface area contributed by atoms with Crippen molar-refractivity contribution >= 4 is 11.9 Å². The molecule has 0 aromatic rings. The number of esters is 2. The minimum absolute atomic E-state index is 0.0165. The second-order valence-corrected chi connectivity index (χ2v) is 14.2. The summed E-state index contributed by atoms with van der Waals surface area (Å²) in [5.41, 5.74) is 23.7. The summed E-state index contributed by atoms with van der Waals surface area (Å²) in [7, 11) is 0. The van der Waals surface area contributed by atoms with Crippen molar-refractivity contribution in [1.29, 1.82) is 0 Å². The first-order valence-corrected chi connectivity index (χ1v) is 21.3. The van der Waals surface area contributed by atoms with Crippen LogP contribution in [0.1, 0.15) is 58.8 Å². The van der Waals surface area contributed by atoms with Crippen LogP contribution in [0.5, 0.6) is 0 Å².